The third-order valence-electron chi connectivity index (χ3n) is 3.63. The summed E-state index contributed by atoms with van der Waals surface area (Å²) in [6.07, 6.45) is 6.00. The number of hydrogen-bond donors (Lipinski definition) is 1. The lowest BCUT2D eigenvalue weighted by Crippen LogP contribution is -2.32. The Balaban J connectivity index is 1.60. The molecule has 1 amide bonds. The van der Waals surface area contributed by atoms with Crippen molar-refractivity contribution in [2.45, 2.75) is 31.8 Å². The van der Waals surface area contributed by atoms with Crippen LogP contribution in [0.15, 0.2) is 24.5 Å². The smallest absolute Gasteiger partial charge is 0.252 e. The van der Waals surface area contributed by atoms with Crippen molar-refractivity contribution in [3.05, 3.63) is 41.5 Å². The number of pyridine rings is 1. The Hall–Kier alpha value is -2.28. The molecule has 0 spiro atoms. The summed E-state index contributed by atoms with van der Waals surface area (Å²) in [6.45, 7) is 0.294. The van der Waals surface area contributed by atoms with E-state index in [-0.39, 0.29) is 11.8 Å². The van der Waals surface area contributed by atoms with Crippen molar-refractivity contribution in [2.75, 3.05) is 0 Å². The molecule has 0 aromatic carbocycles. The molecular formula is C14H17N5O2. The van der Waals surface area contributed by atoms with Gasteiger partial charge in [-0.2, -0.15) is 0 Å². The first-order valence-electron chi connectivity index (χ1n) is 6.94. The van der Waals surface area contributed by atoms with Crippen molar-refractivity contribution >= 4 is 5.91 Å². The molecule has 0 radical (unpaired) electrons. The van der Waals surface area contributed by atoms with Crippen LogP contribution in [0, 0.1) is 0 Å². The maximum atomic E-state index is 12.3. The summed E-state index contributed by atoms with van der Waals surface area (Å²) in [7, 11) is 1.81. The minimum absolute atomic E-state index is 0.148. The quantitative estimate of drug-likeness (QED) is 0.844. The summed E-state index contributed by atoms with van der Waals surface area (Å²) >= 11 is 0. The van der Waals surface area contributed by atoms with Crippen molar-refractivity contribution in [3.63, 3.8) is 0 Å². The number of hydroxylamine groups is 1. The van der Waals surface area contributed by atoms with E-state index in [2.05, 4.69) is 20.8 Å². The second-order valence-corrected chi connectivity index (χ2v) is 5.11. The van der Waals surface area contributed by atoms with Gasteiger partial charge in [0, 0.05) is 19.4 Å². The molecule has 3 rings (SSSR count). The summed E-state index contributed by atoms with van der Waals surface area (Å²) in [5.41, 5.74) is 5.24. The lowest BCUT2D eigenvalue weighted by atomic mass is 9.89. The zero-order valence-electron chi connectivity index (χ0n) is 11.8. The fraction of sp³-hybridized carbons (Fsp3) is 0.429. The number of nitrogens with zero attached hydrogens (tertiary/aromatic N) is 4. The molecular weight excluding hydrogens is 270 g/mol. The summed E-state index contributed by atoms with van der Waals surface area (Å²) < 4.78 is 1.68. The van der Waals surface area contributed by atoms with E-state index in [0.29, 0.717) is 6.61 Å². The Morgan fingerprint density at radius 3 is 3.29 bits per heavy atom. The Labute approximate surface area is 122 Å². The van der Waals surface area contributed by atoms with E-state index in [0.717, 1.165) is 36.2 Å². The van der Waals surface area contributed by atoms with E-state index in [1.165, 1.54) is 0 Å². The molecule has 2 heterocycles. The highest BCUT2D eigenvalue weighted by molar-refractivity contribution is 5.82. The second-order valence-electron chi connectivity index (χ2n) is 5.11. The Morgan fingerprint density at radius 2 is 2.48 bits per heavy atom. The van der Waals surface area contributed by atoms with E-state index in [4.69, 9.17) is 4.84 Å². The van der Waals surface area contributed by atoms with Crippen LogP contribution < -0.4 is 5.48 Å². The molecule has 0 bridgehead atoms. The highest BCUT2D eigenvalue weighted by Crippen LogP contribution is 2.29. The van der Waals surface area contributed by atoms with Crippen LogP contribution in [-0.2, 0) is 29.7 Å². The molecule has 0 aliphatic heterocycles. The van der Waals surface area contributed by atoms with Gasteiger partial charge in [-0.1, -0.05) is 11.3 Å². The Kier molecular flexibility index (Phi) is 3.92. The molecule has 1 atom stereocenters. The largest absolute Gasteiger partial charge is 0.272 e. The molecule has 1 N–H and O–H groups in total. The number of aromatic nitrogens is 4. The van der Waals surface area contributed by atoms with Gasteiger partial charge in [-0.05, 0) is 30.9 Å². The third-order valence-corrected chi connectivity index (χ3v) is 3.63. The van der Waals surface area contributed by atoms with Crippen LogP contribution >= 0.6 is 0 Å². The molecule has 2 aromatic rings. The molecule has 2 aromatic heterocycles. The van der Waals surface area contributed by atoms with Crippen LogP contribution in [-0.4, -0.2) is 25.9 Å². The first kappa shape index (κ1) is 13.7. The summed E-state index contributed by atoms with van der Waals surface area (Å²) in [5, 5.41) is 8.10. The van der Waals surface area contributed by atoms with Gasteiger partial charge in [-0.15, -0.1) is 5.10 Å². The second kappa shape index (κ2) is 6.01. The van der Waals surface area contributed by atoms with Gasteiger partial charge >= 0.3 is 0 Å². The van der Waals surface area contributed by atoms with Crippen LogP contribution in [0.1, 0.15) is 35.7 Å². The number of carbonyl (C=O) groups excluding carboxylic acids is 1. The first-order valence-corrected chi connectivity index (χ1v) is 6.94. The van der Waals surface area contributed by atoms with Gasteiger partial charge in [0.05, 0.1) is 17.3 Å². The maximum Gasteiger partial charge on any atom is 0.252 e. The summed E-state index contributed by atoms with van der Waals surface area (Å²) in [4.78, 5) is 21.6. The Bertz CT molecular complexity index is 626. The van der Waals surface area contributed by atoms with Crippen molar-refractivity contribution in [3.8, 4) is 0 Å². The zero-order valence-corrected chi connectivity index (χ0v) is 11.8. The average molecular weight is 287 g/mol. The van der Waals surface area contributed by atoms with Crippen molar-refractivity contribution in [2.24, 2.45) is 7.05 Å². The summed E-state index contributed by atoms with van der Waals surface area (Å²) in [6, 6.07) is 3.72. The van der Waals surface area contributed by atoms with Crippen LogP contribution in [0.3, 0.4) is 0 Å². The van der Waals surface area contributed by atoms with Gasteiger partial charge in [-0.3, -0.25) is 19.3 Å². The van der Waals surface area contributed by atoms with E-state index < -0.39 is 0 Å². The highest BCUT2D eigenvalue weighted by Gasteiger charge is 2.31. The molecule has 0 saturated heterocycles. The number of nitrogens with one attached hydrogen (secondary N) is 1. The number of carbonyl (C=O) groups is 1. The third kappa shape index (κ3) is 2.92. The van der Waals surface area contributed by atoms with E-state index in [1.54, 1.807) is 17.1 Å². The van der Waals surface area contributed by atoms with Crippen molar-refractivity contribution in [1.82, 2.24) is 25.5 Å². The molecule has 1 aliphatic carbocycles. The number of aryl methyl sites for hydroxylation is 2. The molecule has 7 heteroatoms. The number of hydrogen-bond acceptors (Lipinski definition) is 5. The zero-order chi connectivity index (χ0) is 14.7. The average Bonchev–Trinajstić information content (AvgIpc) is 2.90. The molecule has 21 heavy (non-hydrogen) atoms. The van der Waals surface area contributed by atoms with Gasteiger partial charge in [0.1, 0.15) is 6.61 Å². The number of fused-ring (bicyclic) bond motifs is 1. The predicted octanol–water partition coefficient (Wildman–Crippen LogP) is 0.878. The van der Waals surface area contributed by atoms with Crippen LogP contribution in [0.2, 0.25) is 0 Å². The molecule has 1 unspecified atom stereocenters. The Morgan fingerprint density at radius 1 is 1.57 bits per heavy atom. The molecule has 7 nitrogen and oxygen atoms in total. The van der Waals surface area contributed by atoms with E-state index in [9.17, 15) is 4.79 Å². The monoisotopic (exact) mass is 287 g/mol. The van der Waals surface area contributed by atoms with E-state index >= 15 is 0 Å². The van der Waals surface area contributed by atoms with E-state index in [1.807, 2.05) is 19.2 Å². The minimum Gasteiger partial charge on any atom is -0.272 e. The van der Waals surface area contributed by atoms with Crippen LogP contribution in [0.25, 0.3) is 0 Å². The normalized spacial score (nSPS) is 17.3. The molecule has 0 fully saturated rings. The van der Waals surface area contributed by atoms with Gasteiger partial charge in [0.15, 0.2) is 0 Å². The standard InChI is InChI=1S/C14H17N5O2/c1-19-13-11(5-2-6-12(13)16-18-19)14(20)17-21-9-10-4-3-7-15-8-10/h3-4,7-8,11H,2,5-6,9H2,1H3,(H,17,20). The van der Waals surface area contributed by atoms with Crippen molar-refractivity contribution < 1.29 is 9.63 Å². The maximum absolute atomic E-state index is 12.3. The number of rotatable bonds is 4. The number of amides is 1. The molecule has 110 valence electrons. The molecule has 1 aliphatic rings. The molecule has 0 saturated carbocycles. The minimum atomic E-state index is -0.248. The van der Waals surface area contributed by atoms with Crippen molar-refractivity contribution in [1.29, 1.82) is 0 Å². The van der Waals surface area contributed by atoms with Crippen LogP contribution in [0.4, 0.5) is 0 Å². The lowest BCUT2D eigenvalue weighted by Gasteiger charge is -2.21. The lowest BCUT2D eigenvalue weighted by molar-refractivity contribution is -0.136. The van der Waals surface area contributed by atoms with Crippen LogP contribution in [0.5, 0.6) is 0 Å². The van der Waals surface area contributed by atoms with Gasteiger partial charge in [0.2, 0.25) is 0 Å². The van der Waals surface area contributed by atoms with Gasteiger partial charge < -0.3 is 0 Å². The topological polar surface area (TPSA) is 81.9 Å². The predicted molar refractivity (Wildman–Crippen MR) is 73.9 cm³/mol. The van der Waals surface area contributed by atoms with Gasteiger partial charge in [0.25, 0.3) is 5.91 Å². The SMILES string of the molecule is Cn1nnc2c1C(C(=O)NOCc1cccnc1)CCC2. The fourth-order valence-electron chi connectivity index (χ4n) is 2.62. The first-order chi connectivity index (χ1) is 10.3. The summed E-state index contributed by atoms with van der Waals surface area (Å²) in [5.74, 6) is -0.395. The van der Waals surface area contributed by atoms with Gasteiger partial charge in [-0.25, -0.2) is 5.48 Å². The fourth-order valence-corrected chi connectivity index (χ4v) is 2.62. The highest BCUT2D eigenvalue weighted by atomic mass is 16.6.